The Morgan fingerprint density at radius 1 is 1.44 bits per heavy atom. The van der Waals surface area contributed by atoms with Gasteiger partial charge in [0.2, 0.25) is 0 Å². The Kier molecular flexibility index (Phi) is 5.55. The van der Waals surface area contributed by atoms with Crippen molar-refractivity contribution in [1.82, 2.24) is 10.8 Å². The van der Waals surface area contributed by atoms with E-state index in [4.69, 9.17) is 4.84 Å². The van der Waals surface area contributed by atoms with Gasteiger partial charge in [-0.05, 0) is 18.8 Å². The van der Waals surface area contributed by atoms with Crippen molar-refractivity contribution < 1.29 is 14.7 Å². The Balaban J connectivity index is 2.06. The van der Waals surface area contributed by atoms with Gasteiger partial charge in [-0.3, -0.25) is 4.84 Å². The van der Waals surface area contributed by atoms with Gasteiger partial charge in [0, 0.05) is 6.54 Å². The van der Waals surface area contributed by atoms with Gasteiger partial charge < -0.3 is 10.4 Å². The summed E-state index contributed by atoms with van der Waals surface area (Å²) in [5, 5.41) is 12.0. The van der Waals surface area contributed by atoms with E-state index in [-0.39, 0.29) is 24.6 Å². The number of hydrogen-bond donors (Lipinski definition) is 3. The van der Waals surface area contributed by atoms with Crippen LogP contribution in [0.4, 0.5) is 4.79 Å². The average Bonchev–Trinajstić information content (AvgIpc) is 2.75. The lowest BCUT2D eigenvalue weighted by atomic mass is 10.1. The fourth-order valence-corrected chi connectivity index (χ4v) is 1.61. The van der Waals surface area contributed by atoms with Crippen LogP contribution in [0, 0.1) is 5.92 Å². The number of rotatable bonds is 5. The molecule has 1 aliphatic rings. The summed E-state index contributed by atoms with van der Waals surface area (Å²) in [6.45, 7) is 4.05. The van der Waals surface area contributed by atoms with E-state index in [1.54, 1.807) is 0 Å². The predicted molar refractivity (Wildman–Crippen MR) is 60.7 cm³/mol. The molecule has 1 aliphatic carbocycles. The van der Waals surface area contributed by atoms with Crippen molar-refractivity contribution in [1.29, 1.82) is 0 Å². The molecule has 0 aromatic rings. The summed E-state index contributed by atoms with van der Waals surface area (Å²) in [7, 11) is 0. The van der Waals surface area contributed by atoms with Gasteiger partial charge in [0.05, 0.1) is 12.2 Å². The van der Waals surface area contributed by atoms with Gasteiger partial charge in [-0.2, -0.15) is 0 Å². The molecule has 1 fully saturated rings. The molecule has 1 rings (SSSR count). The third-order valence-corrected chi connectivity index (χ3v) is 2.86. The van der Waals surface area contributed by atoms with Crippen molar-refractivity contribution in [3.8, 4) is 0 Å². The van der Waals surface area contributed by atoms with Crippen molar-refractivity contribution in [3.63, 3.8) is 0 Å². The average molecular weight is 230 g/mol. The van der Waals surface area contributed by atoms with E-state index < -0.39 is 6.10 Å². The van der Waals surface area contributed by atoms with E-state index in [0.29, 0.717) is 0 Å². The maximum atomic E-state index is 11.3. The third-order valence-electron chi connectivity index (χ3n) is 2.86. The SMILES string of the molecule is CC(C)C(O)CNC(=O)NOC1CCCC1. The highest BCUT2D eigenvalue weighted by molar-refractivity contribution is 5.72. The number of hydrogen-bond acceptors (Lipinski definition) is 3. The van der Waals surface area contributed by atoms with E-state index in [0.717, 1.165) is 12.8 Å². The second-order valence-corrected chi connectivity index (χ2v) is 4.65. The molecule has 0 saturated heterocycles. The van der Waals surface area contributed by atoms with Crippen molar-refractivity contribution in [2.45, 2.75) is 51.7 Å². The molecule has 1 unspecified atom stereocenters. The van der Waals surface area contributed by atoms with E-state index >= 15 is 0 Å². The van der Waals surface area contributed by atoms with Crippen LogP contribution in [0.5, 0.6) is 0 Å². The zero-order chi connectivity index (χ0) is 12.0. The van der Waals surface area contributed by atoms with Gasteiger partial charge in [-0.15, -0.1) is 0 Å². The maximum absolute atomic E-state index is 11.3. The molecule has 1 atom stereocenters. The Bertz CT molecular complexity index is 207. The number of amides is 2. The molecular formula is C11H22N2O3. The molecular weight excluding hydrogens is 208 g/mol. The second-order valence-electron chi connectivity index (χ2n) is 4.65. The summed E-state index contributed by atoms with van der Waals surface area (Å²) in [6.07, 6.45) is 3.99. The van der Waals surface area contributed by atoms with Gasteiger partial charge in [0.1, 0.15) is 0 Å². The molecule has 5 heteroatoms. The summed E-state index contributed by atoms with van der Waals surface area (Å²) in [6, 6.07) is -0.383. The number of carbonyl (C=O) groups is 1. The molecule has 0 spiro atoms. The van der Waals surface area contributed by atoms with E-state index in [9.17, 15) is 9.90 Å². The first-order valence-electron chi connectivity index (χ1n) is 5.97. The minimum absolute atomic E-state index is 0.135. The van der Waals surface area contributed by atoms with Crippen LogP contribution in [0.1, 0.15) is 39.5 Å². The Hall–Kier alpha value is -0.810. The summed E-state index contributed by atoms with van der Waals surface area (Å²) < 4.78 is 0. The molecule has 16 heavy (non-hydrogen) atoms. The van der Waals surface area contributed by atoms with Gasteiger partial charge in [0.25, 0.3) is 0 Å². The molecule has 1 saturated carbocycles. The molecule has 2 amide bonds. The second kappa shape index (κ2) is 6.70. The number of urea groups is 1. The van der Waals surface area contributed by atoms with Crippen LogP contribution >= 0.6 is 0 Å². The first-order chi connectivity index (χ1) is 7.59. The summed E-state index contributed by atoms with van der Waals surface area (Å²) in [4.78, 5) is 16.5. The quantitative estimate of drug-likeness (QED) is 0.621. The fourth-order valence-electron chi connectivity index (χ4n) is 1.61. The standard InChI is InChI=1S/C11H22N2O3/c1-8(2)10(14)7-12-11(15)13-16-9-5-3-4-6-9/h8-10,14H,3-7H2,1-2H3,(H2,12,13,15). The van der Waals surface area contributed by atoms with Crippen molar-refractivity contribution in [2.24, 2.45) is 5.92 Å². The number of hydroxylamine groups is 1. The lowest BCUT2D eigenvalue weighted by Gasteiger charge is -2.16. The zero-order valence-corrected chi connectivity index (χ0v) is 10.0. The highest BCUT2D eigenvalue weighted by Gasteiger charge is 2.17. The van der Waals surface area contributed by atoms with Crippen molar-refractivity contribution in [2.75, 3.05) is 6.54 Å². The van der Waals surface area contributed by atoms with Gasteiger partial charge in [0.15, 0.2) is 0 Å². The summed E-state index contributed by atoms with van der Waals surface area (Å²) in [5.74, 6) is 0.135. The lowest BCUT2D eigenvalue weighted by Crippen LogP contribution is -2.42. The minimum Gasteiger partial charge on any atom is -0.391 e. The molecule has 5 nitrogen and oxygen atoms in total. The first-order valence-corrected chi connectivity index (χ1v) is 5.97. The molecule has 0 bridgehead atoms. The highest BCUT2D eigenvalue weighted by Crippen LogP contribution is 2.19. The number of carbonyl (C=O) groups excluding carboxylic acids is 1. The molecule has 0 aromatic carbocycles. The molecule has 0 aliphatic heterocycles. The van der Waals surface area contributed by atoms with Gasteiger partial charge in [-0.1, -0.05) is 26.7 Å². The summed E-state index contributed by atoms with van der Waals surface area (Å²) >= 11 is 0. The topological polar surface area (TPSA) is 70.6 Å². The lowest BCUT2D eigenvalue weighted by molar-refractivity contribution is -0.000725. The van der Waals surface area contributed by atoms with Gasteiger partial charge >= 0.3 is 6.03 Å². The molecule has 0 radical (unpaired) electrons. The summed E-state index contributed by atoms with van der Waals surface area (Å²) in [5.41, 5.74) is 2.36. The van der Waals surface area contributed by atoms with Crippen LogP contribution in [-0.2, 0) is 4.84 Å². The smallest absolute Gasteiger partial charge is 0.338 e. The van der Waals surface area contributed by atoms with Crippen LogP contribution in [0.3, 0.4) is 0 Å². The Morgan fingerprint density at radius 3 is 2.62 bits per heavy atom. The fraction of sp³-hybridized carbons (Fsp3) is 0.909. The molecule has 0 aromatic heterocycles. The number of nitrogens with one attached hydrogen (secondary N) is 2. The van der Waals surface area contributed by atoms with Crippen LogP contribution in [-0.4, -0.2) is 29.9 Å². The van der Waals surface area contributed by atoms with Crippen molar-refractivity contribution in [3.05, 3.63) is 0 Å². The predicted octanol–water partition coefficient (Wildman–Crippen LogP) is 1.18. The largest absolute Gasteiger partial charge is 0.391 e. The van der Waals surface area contributed by atoms with E-state index in [1.807, 2.05) is 13.8 Å². The third kappa shape index (κ3) is 4.81. The Labute approximate surface area is 96.5 Å². The van der Waals surface area contributed by atoms with Crippen LogP contribution in [0.2, 0.25) is 0 Å². The first kappa shape index (κ1) is 13.3. The van der Waals surface area contributed by atoms with Gasteiger partial charge in [-0.25, -0.2) is 10.3 Å². The molecule has 3 N–H and O–H groups in total. The van der Waals surface area contributed by atoms with Crippen LogP contribution < -0.4 is 10.8 Å². The Morgan fingerprint density at radius 2 is 2.06 bits per heavy atom. The highest BCUT2D eigenvalue weighted by atomic mass is 16.7. The van der Waals surface area contributed by atoms with Crippen molar-refractivity contribution >= 4 is 6.03 Å². The zero-order valence-electron chi connectivity index (χ0n) is 10.0. The van der Waals surface area contributed by atoms with E-state index in [1.165, 1.54) is 12.8 Å². The monoisotopic (exact) mass is 230 g/mol. The van der Waals surface area contributed by atoms with Crippen LogP contribution in [0.25, 0.3) is 0 Å². The molecule has 94 valence electrons. The normalized spacial score (nSPS) is 18.8. The number of aliphatic hydroxyl groups is 1. The number of aliphatic hydroxyl groups excluding tert-OH is 1. The molecule has 0 heterocycles. The van der Waals surface area contributed by atoms with E-state index in [2.05, 4.69) is 10.8 Å². The van der Waals surface area contributed by atoms with Crippen LogP contribution in [0.15, 0.2) is 0 Å². The maximum Gasteiger partial charge on any atom is 0.338 e. The minimum atomic E-state index is -0.516.